The van der Waals surface area contributed by atoms with E-state index in [1.54, 1.807) is 39.8 Å². The third kappa shape index (κ3) is 4.15. The van der Waals surface area contributed by atoms with E-state index in [1.807, 2.05) is 0 Å². The molecule has 3 aromatic rings. The molecule has 0 radical (unpaired) electrons. The van der Waals surface area contributed by atoms with Gasteiger partial charge in [-0.25, -0.2) is 4.79 Å². The van der Waals surface area contributed by atoms with Gasteiger partial charge in [-0.2, -0.15) is 5.26 Å². The van der Waals surface area contributed by atoms with Gasteiger partial charge in [-0.1, -0.05) is 6.07 Å². The molecule has 4 rings (SSSR count). The van der Waals surface area contributed by atoms with Gasteiger partial charge in [0.25, 0.3) is 5.56 Å². The molecule has 9 heteroatoms. The standard InChI is InChI=1S/C25H26N4O5/c1-16(30)27-10-8-19(9-11-27)29-21-6-4-17(14-26)12-20(21)24(31)28(25(29)32)15-18-5-7-22(33-2)23(13-18)34-3/h4-7,12-13,19H,8-11,15H2,1-3H3. The van der Waals surface area contributed by atoms with Crippen LogP contribution in [0.1, 0.15) is 36.9 Å². The Kier molecular flexibility index (Phi) is 6.41. The van der Waals surface area contributed by atoms with Gasteiger partial charge in [-0.15, -0.1) is 0 Å². The van der Waals surface area contributed by atoms with Crippen molar-refractivity contribution in [3.63, 3.8) is 0 Å². The minimum absolute atomic E-state index is 0.00717. The van der Waals surface area contributed by atoms with Gasteiger partial charge < -0.3 is 14.4 Å². The van der Waals surface area contributed by atoms with E-state index in [9.17, 15) is 19.6 Å². The van der Waals surface area contributed by atoms with Gasteiger partial charge in [-0.3, -0.25) is 18.7 Å². The van der Waals surface area contributed by atoms with Gasteiger partial charge >= 0.3 is 5.69 Å². The van der Waals surface area contributed by atoms with Crippen molar-refractivity contribution in [3.05, 3.63) is 68.4 Å². The number of amides is 1. The van der Waals surface area contributed by atoms with E-state index in [-0.39, 0.29) is 18.5 Å². The van der Waals surface area contributed by atoms with Crippen LogP contribution in [0.5, 0.6) is 11.5 Å². The fourth-order valence-corrected chi connectivity index (χ4v) is 4.55. The Bertz CT molecular complexity index is 1410. The second-order valence-electron chi connectivity index (χ2n) is 8.31. The summed E-state index contributed by atoms with van der Waals surface area (Å²) < 4.78 is 13.5. The molecule has 0 N–H and O–H groups in total. The number of carbonyl (C=O) groups is 1. The second kappa shape index (κ2) is 9.43. The van der Waals surface area contributed by atoms with Crippen molar-refractivity contribution in [1.29, 1.82) is 5.26 Å². The predicted octanol–water partition coefficient (Wildman–Crippen LogP) is 2.28. The molecule has 1 aliphatic rings. The second-order valence-corrected chi connectivity index (χ2v) is 8.31. The Balaban J connectivity index is 1.86. The average molecular weight is 463 g/mol. The Morgan fingerprint density at radius 2 is 1.76 bits per heavy atom. The Morgan fingerprint density at radius 3 is 2.38 bits per heavy atom. The maximum Gasteiger partial charge on any atom is 0.332 e. The molecule has 0 atom stereocenters. The molecule has 0 saturated carbocycles. The summed E-state index contributed by atoms with van der Waals surface area (Å²) in [7, 11) is 3.06. The molecule has 1 aromatic heterocycles. The number of fused-ring (bicyclic) bond motifs is 1. The number of likely N-dealkylation sites (tertiary alicyclic amines) is 1. The van der Waals surface area contributed by atoms with Crippen LogP contribution in [0.15, 0.2) is 46.0 Å². The number of methoxy groups -OCH3 is 2. The molecular formula is C25H26N4O5. The Hall–Kier alpha value is -4.06. The van der Waals surface area contributed by atoms with Crippen molar-refractivity contribution in [3.8, 4) is 17.6 Å². The molecule has 0 unspecified atom stereocenters. The highest BCUT2D eigenvalue weighted by Gasteiger charge is 2.26. The number of carbonyl (C=O) groups excluding carboxylic acids is 1. The van der Waals surface area contributed by atoms with Crippen LogP contribution in [0.2, 0.25) is 0 Å². The normalized spacial score (nSPS) is 14.1. The zero-order chi connectivity index (χ0) is 24.4. The Morgan fingerprint density at radius 1 is 1.06 bits per heavy atom. The van der Waals surface area contributed by atoms with E-state index in [2.05, 4.69) is 6.07 Å². The van der Waals surface area contributed by atoms with E-state index in [4.69, 9.17) is 9.47 Å². The Labute approximate surface area is 196 Å². The van der Waals surface area contributed by atoms with Gasteiger partial charge in [0, 0.05) is 26.1 Å². The number of nitriles is 1. The molecule has 1 fully saturated rings. The van der Waals surface area contributed by atoms with Crippen molar-refractivity contribution >= 4 is 16.8 Å². The smallest absolute Gasteiger partial charge is 0.332 e. The molecule has 1 saturated heterocycles. The molecule has 34 heavy (non-hydrogen) atoms. The lowest BCUT2D eigenvalue weighted by molar-refractivity contribution is -0.130. The quantitative estimate of drug-likeness (QED) is 0.576. The van der Waals surface area contributed by atoms with Crippen LogP contribution < -0.4 is 20.7 Å². The number of nitrogens with zero attached hydrogens (tertiary/aromatic N) is 4. The summed E-state index contributed by atoms with van der Waals surface area (Å²) in [4.78, 5) is 40.6. The number of hydrogen-bond acceptors (Lipinski definition) is 6. The maximum absolute atomic E-state index is 13.7. The largest absolute Gasteiger partial charge is 0.493 e. The van der Waals surface area contributed by atoms with Gasteiger partial charge in [0.1, 0.15) is 0 Å². The minimum atomic E-state index is -0.454. The first kappa shape index (κ1) is 23.1. The monoisotopic (exact) mass is 462 g/mol. The van der Waals surface area contributed by atoms with Gasteiger partial charge in [0.2, 0.25) is 5.91 Å². The molecule has 1 amide bonds. The number of aromatic nitrogens is 2. The summed E-state index contributed by atoms with van der Waals surface area (Å²) in [5.41, 5.74) is 0.672. The van der Waals surface area contributed by atoms with Crippen LogP contribution in [-0.4, -0.2) is 47.3 Å². The van der Waals surface area contributed by atoms with Crippen LogP contribution >= 0.6 is 0 Å². The summed E-state index contributed by atoms with van der Waals surface area (Å²) in [5, 5.41) is 9.68. The van der Waals surface area contributed by atoms with Crippen molar-refractivity contribution in [2.45, 2.75) is 32.4 Å². The van der Waals surface area contributed by atoms with E-state index >= 15 is 0 Å². The first-order valence-electron chi connectivity index (χ1n) is 11.0. The van der Waals surface area contributed by atoms with E-state index < -0.39 is 11.2 Å². The van der Waals surface area contributed by atoms with Crippen LogP contribution in [0.4, 0.5) is 0 Å². The number of hydrogen-bond donors (Lipinski definition) is 0. The third-order valence-corrected chi connectivity index (χ3v) is 6.36. The number of rotatable bonds is 5. The van der Waals surface area contributed by atoms with Crippen molar-refractivity contribution < 1.29 is 14.3 Å². The van der Waals surface area contributed by atoms with Gasteiger partial charge in [0.05, 0.1) is 43.3 Å². The number of ether oxygens (including phenoxy) is 2. The first-order valence-corrected chi connectivity index (χ1v) is 11.0. The molecule has 2 heterocycles. The maximum atomic E-state index is 13.7. The molecule has 0 spiro atoms. The first-order chi connectivity index (χ1) is 16.4. The average Bonchev–Trinajstić information content (AvgIpc) is 2.86. The number of benzene rings is 2. The molecule has 176 valence electrons. The predicted molar refractivity (Wildman–Crippen MR) is 126 cm³/mol. The molecule has 9 nitrogen and oxygen atoms in total. The van der Waals surface area contributed by atoms with E-state index in [0.717, 1.165) is 0 Å². The summed E-state index contributed by atoms with van der Waals surface area (Å²) in [5.74, 6) is 1.05. The van der Waals surface area contributed by atoms with Crippen molar-refractivity contribution in [2.75, 3.05) is 27.3 Å². The zero-order valence-electron chi connectivity index (χ0n) is 19.4. The van der Waals surface area contributed by atoms with E-state index in [0.29, 0.717) is 59.5 Å². The van der Waals surface area contributed by atoms with Crippen molar-refractivity contribution in [1.82, 2.24) is 14.0 Å². The van der Waals surface area contributed by atoms with E-state index in [1.165, 1.54) is 31.8 Å². The SMILES string of the molecule is COc1ccc(Cn2c(=O)c3cc(C#N)ccc3n(C3CCN(C(C)=O)CC3)c2=O)cc1OC. The molecule has 1 aliphatic heterocycles. The lowest BCUT2D eigenvalue weighted by atomic mass is 10.0. The molecule has 0 aliphatic carbocycles. The van der Waals surface area contributed by atoms with Gasteiger partial charge in [-0.05, 0) is 48.7 Å². The fraction of sp³-hybridized carbons (Fsp3) is 0.360. The molecule has 0 bridgehead atoms. The summed E-state index contributed by atoms with van der Waals surface area (Å²) >= 11 is 0. The van der Waals surface area contributed by atoms with Crippen LogP contribution in [-0.2, 0) is 11.3 Å². The summed E-state index contributed by atoms with van der Waals surface area (Å²) in [6.45, 7) is 2.66. The number of piperidine rings is 1. The van der Waals surface area contributed by atoms with Crippen LogP contribution in [0.25, 0.3) is 10.9 Å². The van der Waals surface area contributed by atoms with Crippen LogP contribution in [0, 0.1) is 11.3 Å². The lowest BCUT2D eigenvalue weighted by Crippen LogP contribution is -2.45. The highest BCUT2D eigenvalue weighted by Crippen LogP contribution is 2.28. The minimum Gasteiger partial charge on any atom is -0.493 e. The third-order valence-electron chi connectivity index (χ3n) is 6.36. The van der Waals surface area contributed by atoms with Crippen LogP contribution in [0.3, 0.4) is 0 Å². The molecular weight excluding hydrogens is 436 g/mol. The lowest BCUT2D eigenvalue weighted by Gasteiger charge is -2.33. The highest BCUT2D eigenvalue weighted by atomic mass is 16.5. The van der Waals surface area contributed by atoms with Gasteiger partial charge in [0.15, 0.2) is 11.5 Å². The fourth-order valence-electron chi connectivity index (χ4n) is 4.55. The highest BCUT2D eigenvalue weighted by molar-refractivity contribution is 5.80. The zero-order valence-corrected chi connectivity index (χ0v) is 19.4. The van der Waals surface area contributed by atoms with Crippen molar-refractivity contribution in [2.24, 2.45) is 0 Å². The summed E-state index contributed by atoms with van der Waals surface area (Å²) in [6.07, 6.45) is 1.20. The molecule has 2 aromatic carbocycles. The topological polar surface area (TPSA) is 107 Å². The summed E-state index contributed by atoms with van der Waals surface area (Å²) in [6, 6.07) is 11.9.